The zero-order valence-corrected chi connectivity index (χ0v) is 8.89. The van der Waals surface area contributed by atoms with Crippen molar-refractivity contribution in [3.63, 3.8) is 0 Å². The Morgan fingerprint density at radius 3 is 2.75 bits per heavy atom. The van der Waals surface area contributed by atoms with E-state index in [0.717, 1.165) is 10.0 Å². The van der Waals surface area contributed by atoms with Crippen LogP contribution in [0, 0.1) is 0 Å². The SMILES string of the molecule is CC(ON)c1c(Cl)cccc1Br. The Hall–Kier alpha value is -0.0900. The molecule has 0 saturated carbocycles. The molecule has 0 aliphatic heterocycles. The van der Waals surface area contributed by atoms with Crippen LogP contribution in [-0.4, -0.2) is 0 Å². The molecule has 1 aromatic rings. The molecule has 1 rings (SSSR count). The molecule has 0 radical (unpaired) electrons. The molecule has 1 aromatic carbocycles. The summed E-state index contributed by atoms with van der Waals surface area (Å²) in [5.41, 5.74) is 0.877. The van der Waals surface area contributed by atoms with E-state index in [1.807, 2.05) is 19.1 Å². The first kappa shape index (κ1) is 9.99. The third-order valence-electron chi connectivity index (χ3n) is 1.61. The van der Waals surface area contributed by atoms with Gasteiger partial charge in [-0.3, -0.25) is 4.84 Å². The van der Waals surface area contributed by atoms with E-state index in [0.29, 0.717) is 5.02 Å². The minimum atomic E-state index is -0.201. The average molecular weight is 251 g/mol. The molecule has 12 heavy (non-hydrogen) atoms. The fourth-order valence-corrected chi connectivity index (χ4v) is 2.10. The number of hydrogen-bond donors (Lipinski definition) is 1. The number of benzene rings is 1. The minimum Gasteiger partial charge on any atom is -0.297 e. The summed E-state index contributed by atoms with van der Waals surface area (Å²) in [5.74, 6) is 5.06. The van der Waals surface area contributed by atoms with Gasteiger partial charge in [-0.05, 0) is 19.1 Å². The topological polar surface area (TPSA) is 35.2 Å². The largest absolute Gasteiger partial charge is 0.297 e. The third kappa shape index (κ3) is 1.98. The highest BCUT2D eigenvalue weighted by atomic mass is 79.9. The number of nitrogens with two attached hydrogens (primary N) is 1. The fourth-order valence-electron chi connectivity index (χ4n) is 0.967. The maximum atomic E-state index is 5.94. The van der Waals surface area contributed by atoms with Gasteiger partial charge in [-0.15, -0.1) is 0 Å². The lowest BCUT2D eigenvalue weighted by atomic mass is 10.1. The van der Waals surface area contributed by atoms with E-state index in [4.69, 9.17) is 17.5 Å². The van der Waals surface area contributed by atoms with Gasteiger partial charge in [0.25, 0.3) is 0 Å². The summed E-state index contributed by atoms with van der Waals surface area (Å²) in [6.45, 7) is 1.84. The Kier molecular flexibility index (Phi) is 3.53. The lowest BCUT2D eigenvalue weighted by molar-refractivity contribution is 0.0660. The Labute approximate surface area is 84.7 Å². The quantitative estimate of drug-likeness (QED) is 0.819. The van der Waals surface area contributed by atoms with Gasteiger partial charge in [-0.1, -0.05) is 33.6 Å². The Morgan fingerprint density at radius 2 is 2.25 bits per heavy atom. The van der Waals surface area contributed by atoms with E-state index < -0.39 is 0 Å². The molecule has 0 saturated heterocycles. The van der Waals surface area contributed by atoms with Crippen molar-refractivity contribution >= 4 is 27.5 Å². The van der Waals surface area contributed by atoms with E-state index in [-0.39, 0.29) is 6.10 Å². The summed E-state index contributed by atoms with van der Waals surface area (Å²) in [7, 11) is 0. The second kappa shape index (κ2) is 4.23. The first-order chi connectivity index (χ1) is 5.66. The van der Waals surface area contributed by atoms with Crippen molar-refractivity contribution in [1.82, 2.24) is 0 Å². The van der Waals surface area contributed by atoms with Gasteiger partial charge in [0.1, 0.15) is 6.10 Å². The molecule has 2 nitrogen and oxygen atoms in total. The van der Waals surface area contributed by atoms with Gasteiger partial charge >= 0.3 is 0 Å². The van der Waals surface area contributed by atoms with Gasteiger partial charge < -0.3 is 0 Å². The van der Waals surface area contributed by atoms with Gasteiger partial charge in [0, 0.05) is 15.1 Å². The van der Waals surface area contributed by atoms with Crippen LogP contribution in [0.15, 0.2) is 22.7 Å². The van der Waals surface area contributed by atoms with Crippen molar-refractivity contribution < 1.29 is 4.84 Å². The predicted molar refractivity (Wildman–Crippen MR) is 52.8 cm³/mol. The van der Waals surface area contributed by atoms with Crippen LogP contribution in [0.1, 0.15) is 18.6 Å². The van der Waals surface area contributed by atoms with Crippen molar-refractivity contribution in [1.29, 1.82) is 0 Å². The van der Waals surface area contributed by atoms with Crippen molar-refractivity contribution in [2.24, 2.45) is 5.90 Å². The van der Waals surface area contributed by atoms with Gasteiger partial charge in [-0.2, -0.15) is 0 Å². The van der Waals surface area contributed by atoms with Crippen LogP contribution >= 0.6 is 27.5 Å². The van der Waals surface area contributed by atoms with Gasteiger partial charge in [-0.25, -0.2) is 5.90 Å². The summed E-state index contributed by atoms with van der Waals surface area (Å²) >= 11 is 9.31. The van der Waals surface area contributed by atoms with Gasteiger partial charge in [0.2, 0.25) is 0 Å². The molecule has 0 aliphatic rings. The first-order valence-corrected chi connectivity index (χ1v) is 4.63. The highest BCUT2D eigenvalue weighted by Crippen LogP contribution is 2.31. The molecular weight excluding hydrogens is 241 g/mol. The Morgan fingerprint density at radius 1 is 1.58 bits per heavy atom. The predicted octanol–water partition coefficient (Wildman–Crippen LogP) is 3.05. The molecule has 0 bridgehead atoms. The molecule has 0 spiro atoms. The summed E-state index contributed by atoms with van der Waals surface area (Å²) in [5, 5.41) is 0.655. The lowest BCUT2D eigenvalue weighted by Crippen LogP contribution is -2.06. The van der Waals surface area contributed by atoms with E-state index in [9.17, 15) is 0 Å². The second-order valence-electron chi connectivity index (χ2n) is 2.41. The lowest BCUT2D eigenvalue weighted by Gasteiger charge is -2.12. The van der Waals surface area contributed by atoms with Crippen LogP contribution in [0.2, 0.25) is 5.02 Å². The number of halogens is 2. The van der Waals surface area contributed by atoms with Crippen LogP contribution in [-0.2, 0) is 4.84 Å². The van der Waals surface area contributed by atoms with Crippen LogP contribution < -0.4 is 5.90 Å². The van der Waals surface area contributed by atoms with Crippen molar-refractivity contribution in [2.45, 2.75) is 13.0 Å². The highest BCUT2D eigenvalue weighted by Gasteiger charge is 2.12. The van der Waals surface area contributed by atoms with Gasteiger partial charge in [0.15, 0.2) is 0 Å². The molecule has 0 aliphatic carbocycles. The highest BCUT2D eigenvalue weighted by molar-refractivity contribution is 9.10. The zero-order chi connectivity index (χ0) is 9.14. The molecule has 0 heterocycles. The molecule has 1 unspecified atom stereocenters. The van der Waals surface area contributed by atoms with Crippen LogP contribution in [0.5, 0.6) is 0 Å². The molecule has 0 amide bonds. The second-order valence-corrected chi connectivity index (χ2v) is 3.68. The minimum absolute atomic E-state index is 0.201. The molecule has 2 N–H and O–H groups in total. The smallest absolute Gasteiger partial charge is 0.103 e. The van der Waals surface area contributed by atoms with E-state index in [1.165, 1.54) is 0 Å². The van der Waals surface area contributed by atoms with E-state index >= 15 is 0 Å². The summed E-state index contributed by atoms with van der Waals surface area (Å²) in [4.78, 5) is 4.68. The molecule has 4 heteroatoms. The summed E-state index contributed by atoms with van der Waals surface area (Å²) < 4.78 is 0.910. The number of hydrogen-bond acceptors (Lipinski definition) is 2. The molecule has 66 valence electrons. The maximum Gasteiger partial charge on any atom is 0.103 e. The molecule has 0 fully saturated rings. The van der Waals surface area contributed by atoms with Crippen molar-refractivity contribution in [3.8, 4) is 0 Å². The van der Waals surface area contributed by atoms with E-state index in [2.05, 4.69) is 20.8 Å². The Balaban J connectivity index is 3.12. The van der Waals surface area contributed by atoms with Crippen LogP contribution in [0.4, 0.5) is 0 Å². The normalized spacial score (nSPS) is 13.0. The molecular formula is C8H9BrClNO. The van der Waals surface area contributed by atoms with Crippen molar-refractivity contribution in [3.05, 3.63) is 33.3 Å². The number of rotatable bonds is 2. The standard InChI is InChI=1S/C8H9BrClNO/c1-5(12-11)8-6(9)3-2-4-7(8)10/h2-5H,11H2,1H3. The zero-order valence-electron chi connectivity index (χ0n) is 6.55. The van der Waals surface area contributed by atoms with Crippen LogP contribution in [0.25, 0.3) is 0 Å². The first-order valence-electron chi connectivity index (χ1n) is 3.46. The summed E-state index contributed by atoms with van der Waals surface area (Å²) in [6, 6.07) is 5.56. The third-order valence-corrected chi connectivity index (χ3v) is 2.63. The van der Waals surface area contributed by atoms with Crippen molar-refractivity contribution in [2.75, 3.05) is 0 Å². The Bertz CT molecular complexity index is 260. The monoisotopic (exact) mass is 249 g/mol. The summed E-state index contributed by atoms with van der Waals surface area (Å²) in [6.07, 6.45) is -0.201. The fraction of sp³-hybridized carbons (Fsp3) is 0.250. The molecule has 0 aromatic heterocycles. The van der Waals surface area contributed by atoms with Crippen LogP contribution in [0.3, 0.4) is 0 Å². The maximum absolute atomic E-state index is 5.94. The average Bonchev–Trinajstić information content (AvgIpc) is 2.03. The molecule has 1 atom stereocenters. The van der Waals surface area contributed by atoms with E-state index in [1.54, 1.807) is 6.07 Å². The van der Waals surface area contributed by atoms with Gasteiger partial charge in [0.05, 0.1) is 0 Å².